The van der Waals surface area contributed by atoms with E-state index < -0.39 is 0 Å². The first-order valence-electron chi connectivity index (χ1n) is 7.41. The molecule has 0 N–H and O–H groups in total. The van der Waals surface area contributed by atoms with Crippen LogP contribution in [0.5, 0.6) is 0 Å². The second kappa shape index (κ2) is 10.1. The summed E-state index contributed by atoms with van der Waals surface area (Å²) in [7, 11) is 0. The second-order valence-corrected chi connectivity index (χ2v) is 4.75. The monoisotopic (exact) mass is 249 g/mol. The Hall–Kier alpha value is -0.820. The minimum absolute atomic E-state index is 0.586. The van der Waals surface area contributed by atoms with Gasteiger partial charge in [0.15, 0.2) is 0 Å². The highest BCUT2D eigenvalue weighted by Gasteiger charge is 2.25. The van der Waals surface area contributed by atoms with E-state index in [1.807, 2.05) is 19.9 Å². The van der Waals surface area contributed by atoms with Gasteiger partial charge < -0.3 is 0 Å². The average Bonchev–Trinajstić information content (AvgIpc) is 2.41. The predicted octanol–water partition coefficient (Wildman–Crippen LogP) is 4.96. The largest absolute Gasteiger partial charge is 0.294 e. The fourth-order valence-electron chi connectivity index (χ4n) is 2.54. The van der Waals surface area contributed by atoms with E-state index in [4.69, 9.17) is 0 Å². The molecule has 1 heterocycles. The zero-order valence-corrected chi connectivity index (χ0v) is 12.9. The molecule has 104 valence electrons. The molecule has 0 aromatic rings. The number of hydrogen-bond acceptors (Lipinski definition) is 1. The molecule has 1 nitrogen and oxygen atoms in total. The van der Waals surface area contributed by atoms with Gasteiger partial charge in [0.1, 0.15) is 0 Å². The maximum absolute atomic E-state index is 3.82. The van der Waals surface area contributed by atoms with Crippen LogP contribution in [0.3, 0.4) is 0 Å². The Kier molecular flexibility index (Phi) is 9.67. The smallest absolute Gasteiger partial charge is 0.0350 e. The summed E-state index contributed by atoms with van der Waals surface area (Å²) in [4.78, 5) is 2.61. The molecule has 1 fully saturated rings. The SMILES string of the molecule is C=C/C=C(\C=C/C)C1CCCCN1C(C)C.CC. The first-order chi connectivity index (χ1) is 8.70. The van der Waals surface area contributed by atoms with Crippen LogP contribution >= 0.6 is 0 Å². The molecule has 1 atom stereocenters. The Bertz CT molecular complexity index is 273. The minimum atomic E-state index is 0.586. The van der Waals surface area contributed by atoms with Crippen molar-refractivity contribution >= 4 is 0 Å². The van der Waals surface area contributed by atoms with Crippen molar-refractivity contribution in [1.29, 1.82) is 0 Å². The first-order valence-corrected chi connectivity index (χ1v) is 7.41. The van der Waals surface area contributed by atoms with Gasteiger partial charge in [-0.15, -0.1) is 0 Å². The van der Waals surface area contributed by atoms with Crippen LogP contribution in [0.15, 0.2) is 36.5 Å². The Morgan fingerprint density at radius 2 is 1.94 bits per heavy atom. The Balaban J connectivity index is 0.00000137. The van der Waals surface area contributed by atoms with E-state index in [2.05, 4.69) is 50.5 Å². The molecule has 0 aromatic heterocycles. The van der Waals surface area contributed by atoms with Gasteiger partial charge >= 0.3 is 0 Å². The highest BCUT2D eigenvalue weighted by atomic mass is 15.2. The van der Waals surface area contributed by atoms with E-state index in [9.17, 15) is 0 Å². The summed E-state index contributed by atoms with van der Waals surface area (Å²) in [5, 5.41) is 0. The molecule has 18 heavy (non-hydrogen) atoms. The van der Waals surface area contributed by atoms with E-state index in [1.165, 1.54) is 31.4 Å². The lowest BCUT2D eigenvalue weighted by atomic mass is 9.93. The number of piperidine rings is 1. The topological polar surface area (TPSA) is 3.24 Å². The molecule has 1 heteroatoms. The average molecular weight is 249 g/mol. The lowest BCUT2D eigenvalue weighted by Gasteiger charge is -2.39. The molecule has 1 aliphatic heterocycles. The van der Waals surface area contributed by atoms with Gasteiger partial charge in [-0.3, -0.25) is 4.90 Å². The van der Waals surface area contributed by atoms with Gasteiger partial charge in [0.05, 0.1) is 0 Å². The maximum atomic E-state index is 3.82. The number of allylic oxidation sites excluding steroid dienone is 3. The third kappa shape index (κ3) is 5.22. The van der Waals surface area contributed by atoms with E-state index in [0.29, 0.717) is 12.1 Å². The minimum Gasteiger partial charge on any atom is -0.294 e. The maximum Gasteiger partial charge on any atom is 0.0350 e. The van der Waals surface area contributed by atoms with Crippen molar-refractivity contribution in [2.75, 3.05) is 6.54 Å². The van der Waals surface area contributed by atoms with Crippen molar-refractivity contribution in [1.82, 2.24) is 4.90 Å². The van der Waals surface area contributed by atoms with Crippen molar-refractivity contribution in [3.05, 3.63) is 36.5 Å². The van der Waals surface area contributed by atoms with Gasteiger partial charge in [-0.1, -0.05) is 51.2 Å². The number of likely N-dealkylation sites (tertiary alicyclic amines) is 1. The molecule has 0 spiro atoms. The van der Waals surface area contributed by atoms with Crippen LogP contribution in [-0.2, 0) is 0 Å². The second-order valence-electron chi connectivity index (χ2n) is 4.75. The van der Waals surface area contributed by atoms with Crippen LogP contribution in [0, 0.1) is 0 Å². The van der Waals surface area contributed by atoms with Gasteiger partial charge in [0.25, 0.3) is 0 Å². The zero-order chi connectivity index (χ0) is 14.0. The Labute approximate surface area is 114 Å². The molecule has 0 amide bonds. The summed E-state index contributed by atoms with van der Waals surface area (Å²) in [6.07, 6.45) is 12.4. The highest BCUT2D eigenvalue weighted by Crippen LogP contribution is 2.25. The lowest BCUT2D eigenvalue weighted by Crippen LogP contribution is -2.44. The van der Waals surface area contributed by atoms with E-state index in [-0.39, 0.29) is 0 Å². The van der Waals surface area contributed by atoms with E-state index in [0.717, 1.165) is 0 Å². The Morgan fingerprint density at radius 1 is 1.28 bits per heavy atom. The fourth-order valence-corrected chi connectivity index (χ4v) is 2.54. The van der Waals surface area contributed by atoms with Crippen LogP contribution in [0.2, 0.25) is 0 Å². The summed E-state index contributed by atoms with van der Waals surface area (Å²) >= 11 is 0. The molecule has 1 saturated heterocycles. The fraction of sp³-hybridized carbons (Fsp3) is 0.647. The molecule has 0 aromatic carbocycles. The van der Waals surface area contributed by atoms with Crippen molar-refractivity contribution in [2.24, 2.45) is 0 Å². The van der Waals surface area contributed by atoms with Crippen LogP contribution in [0.1, 0.15) is 53.9 Å². The lowest BCUT2D eigenvalue weighted by molar-refractivity contribution is 0.135. The van der Waals surface area contributed by atoms with Crippen molar-refractivity contribution < 1.29 is 0 Å². The van der Waals surface area contributed by atoms with Gasteiger partial charge in [-0.25, -0.2) is 0 Å². The summed E-state index contributed by atoms with van der Waals surface area (Å²) in [5.41, 5.74) is 1.41. The molecule has 0 bridgehead atoms. The van der Waals surface area contributed by atoms with Crippen LogP contribution < -0.4 is 0 Å². The standard InChI is InChI=1S/C15H25N.C2H6/c1-5-9-14(10-6-2)15-11-7-8-12-16(15)13(3)4;1-2/h5-6,9-10,13,15H,1,7-8,11-12H2,2-4H3;1-2H3/b10-6-,14-9+;. The molecule has 1 rings (SSSR count). The molecular weight excluding hydrogens is 218 g/mol. The van der Waals surface area contributed by atoms with Gasteiger partial charge in [-0.2, -0.15) is 0 Å². The van der Waals surface area contributed by atoms with Crippen molar-refractivity contribution in [2.45, 2.75) is 66.0 Å². The third-order valence-corrected chi connectivity index (χ3v) is 3.26. The van der Waals surface area contributed by atoms with Crippen LogP contribution in [0.25, 0.3) is 0 Å². The first kappa shape index (κ1) is 17.2. The molecule has 0 saturated carbocycles. The van der Waals surface area contributed by atoms with E-state index in [1.54, 1.807) is 0 Å². The highest BCUT2D eigenvalue weighted by molar-refractivity contribution is 5.28. The summed E-state index contributed by atoms with van der Waals surface area (Å²) in [5.74, 6) is 0. The van der Waals surface area contributed by atoms with Crippen LogP contribution in [-0.4, -0.2) is 23.5 Å². The Morgan fingerprint density at radius 3 is 2.44 bits per heavy atom. The molecular formula is C17H31N. The summed E-state index contributed by atoms with van der Waals surface area (Å²) < 4.78 is 0. The summed E-state index contributed by atoms with van der Waals surface area (Å²) in [6.45, 7) is 15.7. The van der Waals surface area contributed by atoms with E-state index >= 15 is 0 Å². The number of hydrogen-bond donors (Lipinski definition) is 0. The van der Waals surface area contributed by atoms with Crippen LogP contribution in [0.4, 0.5) is 0 Å². The molecule has 1 unspecified atom stereocenters. The van der Waals surface area contributed by atoms with Gasteiger partial charge in [-0.05, 0) is 45.7 Å². The zero-order valence-electron chi connectivity index (χ0n) is 12.9. The quantitative estimate of drug-likeness (QED) is 0.636. The third-order valence-electron chi connectivity index (χ3n) is 3.26. The molecule has 0 aliphatic carbocycles. The van der Waals surface area contributed by atoms with Gasteiger partial charge in [0.2, 0.25) is 0 Å². The predicted molar refractivity (Wildman–Crippen MR) is 83.9 cm³/mol. The number of nitrogens with zero attached hydrogens (tertiary/aromatic N) is 1. The normalized spacial score (nSPS) is 21.9. The molecule has 0 radical (unpaired) electrons. The number of rotatable bonds is 4. The van der Waals surface area contributed by atoms with Crippen molar-refractivity contribution in [3.63, 3.8) is 0 Å². The molecule has 1 aliphatic rings. The van der Waals surface area contributed by atoms with Gasteiger partial charge in [0, 0.05) is 12.1 Å². The summed E-state index contributed by atoms with van der Waals surface area (Å²) in [6, 6.07) is 1.21. The van der Waals surface area contributed by atoms with Crippen molar-refractivity contribution in [3.8, 4) is 0 Å².